The first-order valence-electron chi connectivity index (χ1n) is 8.78. The Hall–Kier alpha value is -2.24. The largest absolute Gasteiger partial charge is 0.491 e. The lowest BCUT2D eigenvalue weighted by molar-refractivity contribution is -0.121. The number of aliphatic imine (C=N–C) groups is 1. The molecule has 1 aromatic rings. The average Bonchev–Trinajstić information content (AvgIpc) is 2.49. The lowest BCUT2D eigenvalue weighted by Gasteiger charge is -2.21. The summed E-state index contributed by atoms with van der Waals surface area (Å²) >= 11 is 0. The highest BCUT2D eigenvalue weighted by molar-refractivity contribution is 5.86. The van der Waals surface area contributed by atoms with Gasteiger partial charge in [-0.25, -0.2) is 4.99 Å². The van der Waals surface area contributed by atoms with Gasteiger partial charge in [-0.3, -0.25) is 4.79 Å². The Bertz CT molecular complexity index is 560. The number of nitrogens with zero attached hydrogens (tertiary/aromatic N) is 1. The number of benzene rings is 1. The van der Waals surface area contributed by atoms with Crippen molar-refractivity contribution >= 4 is 11.9 Å². The van der Waals surface area contributed by atoms with E-state index in [2.05, 4.69) is 20.9 Å². The Kier molecular flexibility index (Phi) is 8.25. The van der Waals surface area contributed by atoms with Crippen molar-refractivity contribution in [2.24, 2.45) is 4.99 Å². The Morgan fingerprint density at radius 3 is 2.32 bits per heavy atom. The maximum Gasteiger partial charge on any atom is 0.239 e. The molecular weight excluding hydrogens is 316 g/mol. The van der Waals surface area contributed by atoms with E-state index in [1.165, 1.54) is 0 Å². The van der Waals surface area contributed by atoms with Gasteiger partial charge in [0.15, 0.2) is 5.96 Å². The van der Waals surface area contributed by atoms with E-state index < -0.39 is 0 Å². The summed E-state index contributed by atoms with van der Waals surface area (Å²) in [5.41, 5.74) is 0.834. The molecule has 0 aliphatic carbocycles. The van der Waals surface area contributed by atoms with E-state index in [1.54, 1.807) is 0 Å². The Morgan fingerprint density at radius 1 is 1.16 bits per heavy atom. The van der Waals surface area contributed by atoms with Crippen LogP contribution in [0.15, 0.2) is 29.3 Å². The maximum atomic E-state index is 11.9. The monoisotopic (exact) mass is 348 g/mol. The van der Waals surface area contributed by atoms with E-state index in [1.807, 2.05) is 65.8 Å². The Labute approximate surface area is 151 Å². The highest BCUT2D eigenvalue weighted by atomic mass is 16.5. The molecule has 3 N–H and O–H groups in total. The van der Waals surface area contributed by atoms with Gasteiger partial charge in [-0.15, -0.1) is 0 Å². The summed E-state index contributed by atoms with van der Waals surface area (Å²) in [7, 11) is 0. The number of hydrogen-bond donors (Lipinski definition) is 3. The first kappa shape index (κ1) is 20.8. The second-order valence-corrected chi connectivity index (χ2v) is 7.16. The lowest BCUT2D eigenvalue weighted by Crippen LogP contribution is -2.48. The van der Waals surface area contributed by atoms with E-state index in [4.69, 9.17) is 4.74 Å². The number of hydrogen-bond acceptors (Lipinski definition) is 3. The molecule has 0 heterocycles. The van der Waals surface area contributed by atoms with Crippen molar-refractivity contribution in [3.63, 3.8) is 0 Å². The van der Waals surface area contributed by atoms with Crippen molar-refractivity contribution in [3.05, 3.63) is 29.8 Å². The van der Waals surface area contributed by atoms with Gasteiger partial charge in [0, 0.05) is 12.1 Å². The summed E-state index contributed by atoms with van der Waals surface area (Å²) in [6, 6.07) is 7.89. The molecular formula is C19H32N4O2. The first-order chi connectivity index (χ1) is 11.7. The van der Waals surface area contributed by atoms with Gasteiger partial charge in [0.1, 0.15) is 5.75 Å². The third-order valence-electron chi connectivity index (χ3n) is 2.99. The van der Waals surface area contributed by atoms with Gasteiger partial charge < -0.3 is 20.7 Å². The van der Waals surface area contributed by atoms with E-state index in [9.17, 15) is 4.79 Å². The summed E-state index contributed by atoms with van der Waals surface area (Å²) in [5, 5.41) is 9.11. The third-order valence-corrected chi connectivity index (χ3v) is 2.99. The van der Waals surface area contributed by atoms with Gasteiger partial charge in [-0.1, -0.05) is 12.1 Å². The van der Waals surface area contributed by atoms with Crippen LogP contribution >= 0.6 is 0 Å². The number of guanidine groups is 1. The van der Waals surface area contributed by atoms with E-state index >= 15 is 0 Å². The number of ether oxygens (including phenoxy) is 1. The summed E-state index contributed by atoms with van der Waals surface area (Å²) in [5.74, 6) is 1.41. The van der Waals surface area contributed by atoms with Gasteiger partial charge in [0.05, 0.1) is 19.2 Å². The van der Waals surface area contributed by atoms with Crippen LogP contribution in [0, 0.1) is 0 Å². The quantitative estimate of drug-likeness (QED) is 0.523. The molecule has 1 amide bonds. The minimum absolute atomic E-state index is 0.0618. The SMILES string of the molecule is CCNC(=NCc1ccc(OC(C)C)cc1)NCC(=O)NC(C)(C)C. The van der Waals surface area contributed by atoms with E-state index in [0.717, 1.165) is 17.9 Å². The molecule has 25 heavy (non-hydrogen) atoms. The highest BCUT2D eigenvalue weighted by Crippen LogP contribution is 2.14. The molecule has 6 heteroatoms. The Morgan fingerprint density at radius 2 is 1.80 bits per heavy atom. The zero-order valence-electron chi connectivity index (χ0n) is 16.3. The van der Waals surface area contributed by atoms with Crippen molar-refractivity contribution in [3.8, 4) is 5.75 Å². The molecule has 6 nitrogen and oxygen atoms in total. The lowest BCUT2D eigenvalue weighted by atomic mass is 10.1. The highest BCUT2D eigenvalue weighted by Gasteiger charge is 2.13. The fraction of sp³-hybridized carbons (Fsp3) is 0.579. The molecule has 0 aliphatic rings. The van der Waals surface area contributed by atoms with Crippen LogP contribution in [-0.4, -0.2) is 36.6 Å². The molecule has 140 valence electrons. The standard InChI is InChI=1S/C19H32N4O2/c1-7-20-18(22-13-17(24)23-19(4,5)6)21-12-15-8-10-16(11-9-15)25-14(2)3/h8-11,14H,7,12-13H2,1-6H3,(H,23,24)(H2,20,21,22). The summed E-state index contributed by atoms with van der Waals surface area (Å²) in [6.45, 7) is 13.3. The molecule has 0 unspecified atom stereocenters. The summed E-state index contributed by atoms with van der Waals surface area (Å²) in [4.78, 5) is 16.4. The van der Waals surface area contributed by atoms with Crippen molar-refractivity contribution in [1.82, 2.24) is 16.0 Å². The topological polar surface area (TPSA) is 74.8 Å². The van der Waals surface area contributed by atoms with Gasteiger partial charge in [-0.05, 0) is 59.2 Å². The van der Waals surface area contributed by atoms with Crippen LogP contribution in [0.1, 0.15) is 47.1 Å². The normalized spacial score (nSPS) is 12.0. The van der Waals surface area contributed by atoms with Crippen molar-refractivity contribution < 1.29 is 9.53 Å². The third kappa shape index (κ3) is 9.59. The van der Waals surface area contributed by atoms with Gasteiger partial charge in [0.25, 0.3) is 0 Å². The predicted octanol–water partition coefficient (Wildman–Crippen LogP) is 2.44. The number of carbonyl (C=O) groups is 1. The van der Waals surface area contributed by atoms with Crippen LogP contribution in [0.5, 0.6) is 5.75 Å². The van der Waals surface area contributed by atoms with Crippen LogP contribution < -0.4 is 20.7 Å². The van der Waals surface area contributed by atoms with Crippen molar-refractivity contribution in [2.75, 3.05) is 13.1 Å². The van der Waals surface area contributed by atoms with Gasteiger partial charge >= 0.3 is 0 Å². The predicted molar refractivity (Wildman–Crippen MR) is 103 cm³/mol. The fourth-order valence-corrected chi connectivity index (χ4v) is 2.08. The maximum absolute atomic E-state index is 11.9. The van der Waals surface area contributed by atoms with Crippen molar-refractivity contribution in [1.29, 1.82) is 0 Å². The molecule has 0 saturated heterocycles. The van der Waals surface area contributed by atoms with Crippen molar-refractivity contribution in [2.45, 2.75) is 59.7 Å². The second-order valence-electron chi connectivity index (χ2n) is 7.16. The van der Waals surface area contributed by atoms with Gasteiger partial charge in [0.2, 0.25) is 5.91 Å². The Balaban J connectivity index is 2.58. The molecule has 0 aliphatic heterocycles. The summed E-state index contributed by atoms with van der Waals surface area (Å²) in [6.07, 6.45) is 0.160. The second kappa shape index (κ2) is 9.91. The molecule has 0 fully saturated rings. The van der Waals surface area contributed by atoms with Crippen LogP contribution in [0.2, 0.25) is 0 Å². The molecule has 1 rings (SSSR count). The minimum atomic E-state index is -0.242. The average molecular weight is 348 g/mol. The number of amides is 1. The fourth-order valence-electron chi connectivity index (χ4n) is 2.08. The molecule has 0 aromatic heterocycles. The number of rotatable bonds is 7. The molecule has 1 aromatic carbocycles. The number of nitrogens with one attached hydrogen (secondary N) is 3. The molecule has 0 atom stereocenters. The van der Waals surface area contributed by atoms with Gasteiger partial charge in [-0.2, -0.15) is 0 Å². The smallest absolute Gasteiger partial charge is 0.239 e. The molecule has 0 bridgehead atoms. The van der Waals surface area contributed by atoms with Crippen LogP contribution in [0.3, 0.4) is 0 Å². The van der Waals surface area contributed by atoms with Crippen LogP contribution in [0.4, 0.5) is 0 Å². The molecule has 0 spiro atoms. The minimum Gasteiger partial charge on any atom is -0.491 e. The van der Waals surface area contributed by atoms with Crippen LogP contribution in [-0.2, 0) is 11.3 Å². The van der Waals surface area contributed by atoms with Crippen LogP contribution in [0.25, 0.3) is 0 Å². The zero-order chi connectivity index (χ0) is 18.9. The molecule has 0 saturated carbocycles. The molecule has 0 radical (unpaired) electrons. The summed E-state index contributed by atoms with van der Waals surface area (Å²) < 4.78 is 5.63. The van der Waals surface area contributed by atoms with E-state index in [0.29, 0.717) is 12.5 Å². The van der Waals surface area contributed by atoms with E-state index in [-0.39, 0.29) is 24.1 Å². The number of carbonyl (C=O) groups excluding carboxylic acids is 1. The first-order valence-corrected chi connectivity index (χ1v) is 8.78. The zero-order valence-corrected chi connectivity index (χ0v) is 16.3.